The van der Waals surface area contributed by atoms with E-state index in [0.717, 1.165) is 4.90 Å². The smallest absolute Gasteiger partial charge is 0.325 e. The van der Waals surface area contributed by atoms with Gasteiger partial charge in [-0.05, 0) is 6.92 Å². The van der Waals surface area contributed by atoms with E-state index in [1.165, 1.54) is 0 Å². The number of rotatable bonds is 3. The molecule has 1 aliphatic heterocycles. The molecule has 0 saturated carbocycles. The molecule has 3 amide bonds. The average molecular weight is 218 g/mol. The van der Waals surface area contributed by atoms with Gasteiger partial charge in [-0.3, -0.25) is 14.9 Å². The molecule has 84 valence electrons. The summed E-state index contributed by atoms with van der Waals surface area (Å²) in [6.07, 6.45) is -1.79. The molecule has 1 rings (SSSR count). The van der Waals surface area contributed by atoms with E-state index < -0.39 is 30.6 Å². The van der Waals surface area contributed by atoms with E-state index in [9.17, 15) is 18.8 Å². The molecule has 1 heterocycles. The summed E-state index contributed by atoms with van der Waals surface area (Å²) in [5.41, 5.74) is 0. The number of amides is 3. The maximum Gasteiger partial charge on any atom is 0.325 e. The van der Waals surface area contributed by atoms with Crippen LogP contribution in [0.2, 0.25) is 0 Å². The first-order valence-corrected chi connectivity index (χ1v) is 4.44. The van der Waals surface area contributed by atoms with Crippen molar-refractivity contribution in [3.05, 3.63) is 0 Å². The van der Waals surface area contributed by atoms with Gasteiger partial charge in [-0.2, -0.15) is 0 Å². The number of halogens is 1. The molecule has 1 saturated heterocycles. The Morgan fingerprint density at radius 2 is 2.33 bits per heavy atom. The standard InChI is InChI=1S/C8H11FN2O4/c1-2-15-6(12)4-11-3-5(9)7(13)10-8(11)14/h5H,2-4H2,1H3,(H,10,13,14). The van der Waals surface area contributed by atoms with E-state index in [1.807, 2.05) is 0 Å². The molecule has 15 heavy (non-hydrogen) atoms. The maximum atomic E-state index is 12.9. The highest BCUT2D eigenvalue weighted by Crippen LogP contribution is 2.04. The van der Waals surface area contributed by atoms with E-state index in [0.29, 0.717) is 0 Å². The summed E-state index contributed by atoms with van der Waals surface area (Å²) in [7, 11) is 0. The lowest BCUT2D eigenvalue weighted by atomic mass is 10.3. The van der Waals surface area contributed by atoms with Gasteiger partial charge in [-0.15, -0.1) is 0 Å². The summed E-state index contributed by atoms with van der Waals surface area (Å²) < 4.78 is 17.5. The molecule has 1 atom stereocenters. The van der Waals surface area contributed by atoms with Gasteiger partial charge >= 0.3 is 12.0 Å². The molecule has 1 aliphatic rings. The van der Waals surface area contributed by atoms with Gasteiger partial charge in [-0.25, -0.2) is 9.18 Å². The number of alkyl halides is 1. The fourth-order valence-corrected chi connectivity index (χ4v) is 1.12. The molecule has 0 aliphatic carbocycles. The van der Waals surface area contributed by atoms with Gasteiger partial charge in [-0.1, -0.05) is 0 Å². The van der Waals surface area contributed by atoms with E-state index in [1.54, 1.807) is 12.2 Å². The summed E-state index contributed by atoms with van der Waals surface area (Å²) in [5, 5.41) is 1.79. The highest BCUT2D eigenvalue weighted by Gasteiger charge is 2.33. The van der Waals surface area contributed by atoms with Crippen LogP contribution in [0, 0.1) is 0 Å². The van der Waals surface area contributed by atoms with Crippen LogP contribution >= 0.6 is 0 Å². The number of urea groups is 1. The van der Waals surface area contributed by atoms with E-state index >= 15 is 0 Å². The van der Waals surface area contributed by atoms with Crippen LogP contribution in [0.5, 0.6) is 0 Å². The number of imide groups is 1. The number of carbonyl (C=O) groups excluding carboxylic acids is 3. The van der Waals surface area contributed by atoms with Gasteiger partial charge in [0.25, 0.3) is 5.91 Å². The van der Waals surface area contributed by atoms with Crippen LogP contribution in [0.15, 0.2) is 0 Å². The summed E-state index contributed by atoms with van der Waals surface area (Å²) >= 11 is 0. The lowest BCUT2D eigenvalue weighted by Gasteiger charge is -2.27. The minimum atomic E-state index is -1.79. The number of hydrogen-bond donors (Lipinski definition) is 1. The van der Waals surface area contributed by atoms with E-state index in [4.69, 9.17) is 0 Å². The highest BCUT2D eigenvalue weighted by atomic mass is 19.1. The van der Waals surface area contributed by atoms with Gasteiger partial charge in [0.15, 0.2) is 6.17 Å². The predicted octanol–water partition coefficient (Wildman–Crippen LogP) is -0.561. The zero-order valence-corrected chi connectivity index (χ0v) is 8.16. The van der Waals surface area contributed by atoms with Gasteiger partial charge in [0.2, 0.25) is 0 Å². The third-order valence-corrected chi connectivity index (χ3v) is 1.81. The third kappa shape index (κ3) is 2.90. The second-order valence-electron chi connectivity index (χ2n) is 2.95. The zero-order valence-electron chi connectivity index (χ0n) is 8.16. The molecule has 0 radical (unpaired) electrons. The van der Waals surface area contributed by atoms with Crippen molar-refractivity contribution in [3.8, 4) is 0 Å². The summed E-state index contributed by atoms with van der Waals surface area (Å²) in [6.45, 7) is 1.04. The molecule has 0 aromatic heterocycles. The topological polar surface area (TPSA) is 75.7 Å². The first kappa shape index (κ1) is 11.4. The molecular formula is C8H11FN2O4. The quantitative estimate of drug-likeness (QED) is 0.644. The molecule has 1 unspecified atom stereocenters. The largest absolute Gasteiger partial charge is 0.465 e. The van der Waals surface area contributed by atoms with Crippen LogP contribution < -0.4 is 5.32 Å². The zero-order chi connectivity index (χ0) is 11.4. The Labute approximate surface area is 85.4 Å². The van der Waals surface area contributed by atoms with Crippen molar-refractivity contribution in [2.75, 3.05) is 19.7 Å². The highest BCUT2D eigenvalue weighted by molar-refractivity contribution is 6.00. The van der Waals surface area contributed by atoms with Crippen molar-refractivity contribution in [1.29, 1.82) is 0 Å². The van der Waals surface area contributed by atoms with Crippen LogP contribution in [0.1, 0.15) is 6.92 Å². The van der Waals surface area contributed by atoms with Crippen LogP contribution in [-0.4, -0.2) is 48.7 Å². The summed E-state index contributed by atoms with van der Waals surface area (Å²) in [5.74, 6) is -1.60. The van der Waals surface area contributed by atoms with Crippen molar-refractivity contribution < 1.29 is 23.5 Å². The molecule has 7 heteroatoms. The fourth-order valence-electron chi connectivity index (χ4n) is 1.12. The van der Waals surface area contributed by atoms with Crippen LogP contribution in [0.4, 0.5) is 9.18 Å². The number of nitrogens with zero attached hydrogens (tertiary/aromatic N) is 1. The second kappa shape index (κ2) is 4.72. The summed E-state index contributed by atoms with van der Waals surface area (Å²) in [4.78, 5) is 33.7. The van der Waals surface area contributed by atoms with Crippen molar-refractivity contribution in [2.45, 2.75) is 13.1 Å². The van der Waals surface area contributed by atoms with Gasteiger partial charge in [0.05, 0.1) is 13.2 Å². The first-order valence-electron chi connectivity index (χ1n) is 4.44. The van der Waals surface area contributed by atoms with Crippen molar-refractivity contribution in [3.63, 3.8) is 0 Å². The molecule has 1 N–H and O–H groups in total. The molecule has 0 bridgehead atoms. The van der Waals surface area contributed by atoms with Crippen molar-refractivity contribution in [1.82, 2.24) is 10.2 Å². The summed E-state index contributed by atoms with van der Waals surface area (Å²) in [6, 6.07) is -0.776. The molecule has 0 aromatic rings. The van der Waals surface area contributed by atoms with Gasteiger partial charge < -0.3 is 9.64 Å². The van der Waals surface area contributed by atoms with Crippen molar-refractivity contribution in [2.24, 2.45) is 0 Å². The molecular weight excluding hydrogens is 207 g/mol. The van der Waals surface area contributed by atoms with E-state index in [-0.39, 0.29) is 13.2 Å². The second-order valence-corrected chi connectivity index (χ2v) is 2.95. The number of hydrogen-bond acceptors (Lipinski definition) is 4. The first-order chi connectivity index (χ1) is 7.04. The van der Waals surface area contributed by atoms with Crippen LogP contribution in [0.25, 0.3) is 0 Å². The Balaban J connectivity index is 2.51. The van der Waals surface area contributed by atoms with Crippen LogP contribution in [0.3, 0.4) is 0 Å². The maximum absolute atomic E-state index is 12.9. The molecule has 6 nitrogen and oxygen atoms in total. The monoisotopic (exact) mass is 218 g/mol. The average Bonchev–Trinajstić information content (AvgIpc) is 2.14. The Morgan fingerprint density at radius 3 is 2.93 bits per heavy atom. The van der Waals surface area contributed by atoms with E-state index in [2.05, 4.69) is 4.74 Å². The number of nitrogens with one attached hydrogen (secondary N) is 1. The number of ether oxygens (including phenoxy) is 1. The third-order valence-electron chi connectivity index (χ3n) is 1.81. The van der Waals surface area contributed by atoms with Crippen LogP contribution in [-0.2, 0) is 14.3 Å². The number of carbonyl (C=O) groups is 3. The molecule has 0 aromatic carbocycles. The Hall–Kier alpha value is -1.66. The number of esters is 1. The van der Waals surface area contributed by atoms with Gasteiger partial charge in [0, 0.05) is 0 Å². The minimum Gasteiger partial charge on any atom is -0.465 e. The van der Waals surface area contributed by atoms with Crippen molar-refractivity contribution >= 4 is 17.9 Å². The Bertz CT molecular complexity index is 294. The molecule has 1 fully saturated rings. The Kier molecular flexibility index (Phi) is 3.59. The minimum absolute atomic E-state index is 0.187. The normalized spacial score (nSPS) is 21.2. The predicted molar refractivity (Wildman–Crippen MR) is 46.6 cm³/mol. The Morgan fingerprint density at radius 1 is 1.67 bits per heavy atom. The lowest BCUT2D eigenvalue weighted by molar-refractivity contribution is -0.144. The lowest BCUT2D eigenvalue weighted by Crippen LogP contribution is -2.56. The van der Waals surface area contributed by atoms with Gasteiger partial charge in [0.1, 0.15) is 6.54 Å². The molecule has 0 spiro atoms. The SMILES string of the molecule is CCOC(=O)CN1CC(F)C(=O)NC1=O. The fraction of sp³-hybridized carbons (Fsp3) is 0.625.